The molecular formula is C11H15NaO3. The van der Waals surface area contributed by atoms with E-state index in [4.69, 9.17) is 5.11 Å². The van der Waals surface area contributed by atoms with Gasteiger partial charge in [0, 0.05) is 0 Å². The van der Waals surface area contributed by atoms with Gasteiger partial charge in [0.05, 0.1) is 6.42 Å². The average Bonchev–Trinajstić information content (AvgIpc) is 2.03. The molecule has 78 valence electrons. The Morgan fingerprint density at radius 1 is 1.33 bits per heavy atom. The molecule has 0 aliphatic rings. The van der Waals surface area contributed by atoms with E-state index in [9.17, 15) is 9.90 Å². The Labute approximate surface area is 112 Å². The molecule has 0 aliphatic carbocycles. The summed E-state index contributed by atoms with van der Waals surface area (Å²) < 4.78 is 0. The molecular weight excluding hydrogens is 203 g/mol. The van der Waals surface area contributed by atoms with Gasteiger partial charge < -0.3 is 10.2 Å². The molecule has 0 aromatic heterocycles. The number of carboxylic acid groups (broad SMARTS) is 1. The molecule has 0 saturated carbocycles. The second kappa shape index (κ2) is 10.2. The number of hydrogen-bond donors (Lipinski definition) is 1. The van der Waals surface area contributed by atoms with Gasteiger partial charge in [-0.2, -0.15) is 0 Å². The Balaban J connectivity index is 0. The van der Waals surface area contributed by atoms with Gasteiger partial charge in [0.25, 0.3) is 0 Å². The number of carbonyl (C=O) groups is 1. The number of carboxylic acids is 1. The van der Waals surface area contributed by atoms with Gasteiger partial charge in [0.2, 0.25) is 0 Å². The second-order valence-electron chi connectivity index (χ2n) is 3.10. The molecule has 0 atom stereocenters. The van der Waals surface area contributed by atoms with Crippen molar-refractivity contribution in [2.75, 3.05) is 0 Å². The summed E-state index contributed by atoms with van der Waals surface area (Å²) in [6.45, 7) is 3.22. The predicted octanol–water partition coefficient (Wildman–Crippen LogP) is -1.93. The first-order valence-corrected chi connectivity index (χ1v) is 4.44. The second-order valence-corrected chi connectivity index (χ2v) is 3.10. The summed E-state index contributed by atoms with van der Waals surface area (Å²) in [5.41, 5.74) is 0.843. The van der Waals surface area contributed by atoms with Crippen LogP contribution in [0.1, 0.15) is 19.4 Å². The van der Waals surface area contributed by atoms with E-state index < -0.39 is 12.1 Å². The molecule has 0 amide bonds. The van der Waals surface area contributed by atoms with E-state index in [0.717, 1.165) is 5.56 Å². The molecule has 0 radical (unpaired) electrons. The van der Waals surface area contributed by atoms with Crippen LogP contribution in [-0.2, 0) is 11.2 Å². The van der Waals surface area contributed by atoms with Gasteiger partial charge in [0.1, 0.15) is 0 Å². The van der Waals surface area contributed by atoms with Crippen molar-refractivity contribution in [2.45, 2.75) is 26.4 Å². The van der Waals surface area contributed by atoms with Crippen molar-refractivity contribution in [1.29, 1.82) is 0 Å². The first kappa shape index (κ1) is 17.1. The van der Waals surface area contributed by atoms with Gasteiger partial charge in [-0.15, -0.1) is 6.10 Å². The van der Waals surface area contributed by atoms with Crippen LogP contribution in [0.15, 0.2) is 30.3 Å². The quantitative estimate of drug-likeness (QED) is 0.588. The molecule has 0 spiro atoms. The first-order chi connectivity index (χ1) is 6.52. The summed E-state index contributed by atoms with van der Waals surface area (Å²) in [5, 5.41) is 17.9. The van der Waals surface area contributed by atoms with Crippen LogP contribution in [0.5, 0.6) is 0 Å². The third kappa shape index (κ3) is 13.7. The van der Waals surface area contributed by atoms with Crippen molar-refractivity contribution in [1.82, 2.24) is 0 Å². The molecule has 1 aromatic carbocycles. The Morgan fingerprint density at radius 2 is 1.73 bits per heavy atom. The molecule has 0 heterocycles. The van der Waals surface area contributed by atoms with Gasteiger partial charge in [-0.3, -0.25) is 4.79 Å². The van der Waals surface area contributed by atoms with Crippen molar-refractivity contribution in [3.05, 3.63) is 35.9 Å². The predicted molar refractivity (Wildman–Crippen MR) is 52.9 cm³/mol. The minimum atomic E-state index is -0.786. The number of benzene rings is 1. The summed E-state index contributed by atoms with van der Waals surface area (Å²) in [7, 11) is 0. The molecule has 0 unspecified atom stereocenters. The summed E-state index contributed by atoms with van der Waals surface area (Å²) in [6.07, 6.45) is -0.305. The third-order valence-electron chi connectivity index (χ3n) is 1.20. The van der Waals surface area contributed by atoms with Crippen molar-refractivity contribution < 1.29 is 44.6 Å². The monoisotopic (exact) mass is 218 g/mol. The number of hydrogen-bond acceptors (Lipinski definition) is 2. The van der Waals surface area contributed by atoms with Crippen LogP contribution < -0.4 is 34.7 Å². The van der Waals surface area contributed by atoms with E-state index in [-0.39, 0.29) is 36.0 Å². The fraction of sp³-hybridized carbons (Fsp3) is 0.364. The van der Waals surface area contributed by atoms with Crippen molar-refractivity contribution in [3.8, 4) is 0 Å². The molecule has 1 aromatic rings. The maximum absolute atomic E-state index is 10.2. The third-order valence-corrected chi connectivity index (χ3v) is 1.20. The maximum atomic E-state index is 10.2. The largest absolute Gasteiger partial charge is 1.00 e. The molecule has 0 saturated heterocycles. The van der Waals surface area contributed by atoms with Gasteiger partial charge >= 0.3 is 35.5 Å². The van der Waals surface area contributed by atoms with E-state index in [1.807, 2.05) is 18.2 Å². The minimum Gasteiger partial charge on any atom is -0.852 e. The minimum absolute atomic E-state index is 0. The van der Waals surface area contributed by atoms with Crippen molar-refractivity contribution in [3.63, 3.8) is 0 Å². The van der Waals surface area contributed by atoms with E-state index in [1.165, 1.54) is 0 Å². The van der Waals surface area contributed by atoms with Crippen molar-refractivity contribution >= 4 is 5.97 Å². The van der Waals surface area contributed by atoms with Crippen LogP contribution in [-0.4, -0.2) is 17.2 Å². The van der Waals surface area contributed by atoms with Crippen LogP contribution in [0.4, 0.5) is 0 Å². The van der Waals surface area contributed by atoms with Gasteiger partial charge in [-0.25, -0.2) is 0 Å². The Hall–Kier alpha value is -0.350. The summed E-state index contributed by atoms with van der Waals surface area (Å²) in [6, 6.07) is 9.13. The van der Waals surface area contributed by atoms with Gasteiger partial charge in [-0.05, 0) is 5.56 Å². The number of rotatable bonds is 2. The smallest absolute Gasteiger partial charge is 0.852 e. The SMILES string of the molecule is CC(C)[O-].O=C(O)Cc1ccccc1.[Na+]. The van der Waals surface area contributed by atoms with E-state index in [0.29, 0.717) is 0 Å². The maximum Gasteiger partial charge on any atom is 1.00 e. The topological polar surface area (TPSA) is 60.4 Å². The molecule has 15 heavy (non-hydrogen) atoms. The fourth-order valence-electron chi connectivity index (χ4n) is 0.770. The fourth-order valence-corrected chi connectivity index (χ4v) is 0.770. The summed E-state index contributed by atoms with van der Waals surface area (Å²) in [4.78, 5) is 10.2. The summed E-state index contributed by atoms with van der Waals surface area (Å²) in [5.74, 6) is -0.786. The van der Waals surface area contributed by atoms with Crippen LogP contribution in [0.2, 0.25) is 0 Å². The standard InChI is InChI=1S/C8H8O2.C3H7O.Na/c9-8(10)6-7-4-2-1-3-5-7;1-3(2)4;/h1-5H,6H2,(H,9,10);3H,1-2H3;/q;-1;+1. The molecule has 1 rings (SSSR count). The zero-order valence-corrected chi connectivity index (χ0v) is 11.4. The normalized spacial score (nSPS) is 8.53. The summed E-state index contributed by atoms with van der Waals surface area (Å²) >= 11 is 0. The zero-order chi connectivity index (χ0) is 11.0. The van der Waals surface area contributed by atoms with Gasteiger partial charge in [0.15, 0.2) is 0 Å². The van der Waals surface area contributed by atoms with Crippen LogP contribution in [0.25, 0.3) is 0 Å². The van der Waals surface area contributed by atoms with Crippen LogP contribution in [0, 0.1) is 0 Å². The molecule has 4 heteroatoms. The molecule has 0 fully saturated rings. The molecule has 0 aliphatic heterocycles. The van der Waals surface area contributed by atoms with Gasteiger partial charge in [-0.1, -0.05) is 44.2 Å². The number of aliphatic carboxylic acids is 1. The van der Waals surface area contributed by atoms with E-state index in [2.05, 4.69) is 0 Å². The van der Waals surface area contributed by atoms with E-state index in [1.54, 1.807) is 26.0 Å². The average molecular weight is 218 g/mol. The first-order valence-electron chi connectivity index (χ1n) is 4.44. The van der Waals surface area contributed by atoms with E-state index >= 15 is 0 Å². The Morgan fingerprint density at radius 3 is 2.07 bits per heavy atom. The van der Waals surface area contributed by atoms with Crippen LogP contribution >= 0.6 is 0 Å². The Kier molecular flexibility index (Phi) is 11.6. The molecule has 0 bridgehead atoms. The van der Waals surface area contributed by atoms with Crippen molar-refractivity contribution in [2.24, 2.45) is 0 Å². The molecule has 3 nitrogen and oxygen atoms in total. The zero-order valence-electron chi connectivity index (χ0n) is 9.43. The Bertz CT molecular complexity index is 257. The molecule has 1 N–H and O–H groups in total. The van der Waals surface area contributed by atoms with Crippen LogP contribution in [0.3, 0.4) is 0 Å².